The number of halogens is 2. The number of rotatable bonds is 4. The number of anilines is 2. The van der Waals surface area contributed by atoms with Crippen LogP contribution in [-0.2, 0) is 0 Å². The van der Waals surface area contributed by atoms with Crippen LogP contribution in [-0.4, -0.2) is 36.3 Å². The van der Waals surface area contributed by atoms with Gasteiger partial charge in [0, 0.05) is 26.2 Å². The van der Waals surface area contributed by atoms with Gasteiger partial charge in [-0.05, 0) is 31.7 Å². The van der Waals surface area contributed by atoms with Gasteiger partial charge in [0.2, 0.25) is 0 Å². The average molecular weight is 304 g/mol. The fraction of sp³-hybridized carbons (Fsp3) is 0.615. The molecule has 2 N–H and O–H groups in total. The number of pyridine rings is 1. The number of hydrogen-bond donors (Lipinski definition) is 2. The molecule has 1 aliphatic heterocycles. The molecule has 0 bridgehead atoms. The molecule has 1 aliphatic rings. The molecule has 1 fully saturated rings. The first-order valence-electron chi connectivity index (χ1n) is 6.61. The van der Waals surface area contributed by atoms with Crippen LogP contribution in [0.4, 0.5) is 11.6 Å². The molecule has 4 nitrogen and oxygen atoms in total. The van der Waals surface area contributed by atoms with Crippen LogP contribution in [0.25, 0.3) is 0 Å². The van der Waals surface area contributed by atoms with Crippen LogP contribution in [0.15, 0.2) is 6.07 Å². The van der Waals surface area contributed by atoms with Gasteiger partial charge in [0.1, 0.15) is 11.6 Å². The maximum Gasteiger partial charge on any atom is 0.149 e. The third kappa shape index (κ3) is 3.44. The Morgan fingerprint density at radius 3 is 2.95 bits per heavy atom. The smallest absolute Gasteiger partial charge is 0.149 e. The highest BCUT2D eigenvalue weighted by Gasteiger charge is 2.23. The van der Waals surface area contributed by atoms with E-state index < -0.39 is 0 Å². The molecular formula is C13H19Cl2N3O. The molecule has 0 radical (unpaired) electrons. The van der Waals surface area contributed by atoms with Crippen molar-refractivity contribution >= 4 is 34.8 Å². The Bertz CT molecular complexity index is 442. The van der Waals surface area contributed by atoms with Crippen molar-refractivity contribution in [2.75, 3.05) is 36.5 Å². The van der Waals surface area contributed by atoms with E-state index in [1.807, 2.05) is 6.92 Å². The third-order valence-electron chi connectivity index (χ3n) is 3.33. The Kier molecular flexibility index (Phi) is 5.13. The Morgan fingerprint density at radius 1 is 1.47 bits per heavy atom. The number of aliphatic hydroxyl groups is 1. The minimum Gasteiger partial charge on any atom is -0.396 e. The minimum atomic E-state index is 0.210. The van der Waals surface area contributed by atoms with E-state index in [0.29, 0.717) is 21.8 Å². The molecule has 1 atom stereocenters. The van der Waals surface area contributed by atoms with E-state index >= 15 is 0 Å². The molecule has 6 heteroatoms. The number of aliphatic hydroxyl groups excluding tert-OH is 1. The summed E-state index contributed by atoms with van der Waals surface area (Å²) in [6, 6.07) is 1.73. The molecule has 1 aromatic heterocycles. The van der Waals surface area contributed by atoms with Gasteiger partial charge >= 0.3 is 0 Å². The van der Waals surface area contributed by atoms with Crippen LogP contribution in [0.5, 0.6) is 0 Å². The number of hydrogen-bond acceptors (Lipinski definition) is 4. The highest BCUT2D eigenvalue weighted by molar-refractivity contribution is 6.37. The molecule has 0 aliphatic carbocycles. The molecule has 0 spiro atoms. The summed E-state index contributed by atoms with van der Waals surface area (Å²) in [5, 5.41) is 13.5. The van der Waals surface area contributed by atoms with Gasteiger partial charge in [0.25, 0.3) is 0 Å². The lowest BCUT2D eigenvalue weighted by Crippen LogP contribution is -2.37. The average Bonchev–Trinajstić information content (AvgIpc) is 2.42. The molecule has 0 aromatic carbocycles. The SMILES string of the molecule is CCNc1nc(N2CCCC(CO)C2)c(Cl)cc1Cl. The number of piperidine rings is 1. The second-order valence-corrected chi connectivity index (χ2v) is 5.61. The van der Waals surface area contributed by atoms with Crippen LogP contribution >= 0.6 is 23.2 Å². The van der Waals surface area contributed by atoms with E-state index in [1.165, 1.54) is 0 Å². The van der Waals surface area contributed by atoms with Gasteiger partial charge in [-0.25, -0.2) is 4.98 Å². The summed E-state index contributed by atoms with van der Waals surface area (Å²) in [6.45, 7) is 4.66. The zero-order valence-corrected chi connectivity index (χ0v) is 12.5. The van der Waals surface area contributed by atoms with Crippen molar-refractivity contribution in [1.82, 2.24) is 4.98 Å². The Hall–Kier alpha value is -0.710. The van der Waals surface area contributed by atoms with Gasteiger partial charge in [0.05, 0.1) is 10.0 Å². The summed E-state index contributed by atoms with van der Waals surface area (Å²) in [7, 11) is 0. The zero-order chi connectivity index (χ0) is 13.8. The van der Waals surface area contributed by atoms with Crippen molar-refractivity contribution in [1.29, 1.82) is 0 Å². The van der Waals surface area contributed by atoms with Crippen molar-refractivity contribution < 1.29 is 5.11 Å². The van der Waals surface area contributed by atoms with Gasteiger partial charge in [-0.15, -0.1) is 0 Å². The number of nitrogens with one attached hydrogen (secondary N) is 1. The summed E-state index contributed by atoms with van der Waals surface area (Å²) in [6.07, 6.45) is 2.10. The van der Waals surface area contributed by atoms with Crippen LogP contribution in [0.2, 0.25) is 10.0 Å². The maximum absolute atomic E-state index is 9.29. The molecule has 1 saturated heterocycles. The molecule has 2 heterocycles. The summed E-state index contributed by atoms with van der Waals surface area (Å²) in [5.41, 5.74) is 0. The molecule has 106 valence electrons. The summed E-state index contributed by atoms with van der Waals surface area (Å²) in [5.74, 6) is 1.71. The Balaban J connectivity index is 2.25. The first kappa shape index (κ1) is 14.7. The van der Waals surface area contributed by atoms with E-state index in [9.17, 15) is 5.11 Å². The first-order valence-corrected chi connectivity index (χ1v) is 7.37. The second kappa shape index (κ2) is 6.64. The second-order valence-electron chi connectivity index (χ2n) is 4.79. The topological polar surface area (TPSA) is 48.4 Å². The number of aromatic nitrogens is 1. The monoisotopic (exact) mass is 303 g/mol. The first-order chi connectivity index (χ1) is 9.15. The van der Waals surface area contributed by atoms with Crippen molar-refractivity contribution in [3.05, 3.63) is 16.1 Å². The summed E-state index contributed by atoms with van der Waals surface area (Å²) < 4.78 is 0. The molecule has 0 saturated carbocycles. The molecule has 2 rings (SSSR count). The lowest BCUT2D eigenvalue weighted by Gasteiger charge is -2.33. The van der Waals surface area contributed by atoms with Gasteiger partial charge in [-0.1, -0.05) is 23.2 Å². The van der Waals surface area contributed by atoms with Crippen molar-refractivity contribution in [2.45, 2.75) is 19.8 Å². The predicted octanol–water partition coefficient (Wildman–Crippen LogP) is 3.03. The van der Waals surface area contributed by atoms with Gasteiger partial charge in [-0.2, -0.15) is 0 Å². The molecule has 1 unspecified atom stereocenters. The van der Waals surface area contributed by atoms with Crippen molar-refractivity contribution in [2.24, 2.45) is 5.92 Å². The van der Waals surface area contributed by atoms with E-state index in [2.05, 4.69) is 15.2 Å². The number of nitrogens with zero attached hydrogens (tertiary/aromatic N) is 2. The van der Waals surface area contributed by atoms with E-state index in [0.717, 1.165) is 38.3 Å². The normalized spacial score (nSPS) is 19.6. The molecule has 0 amide bonds. The molecular weight excluding hydrogens is 285 g/mol. The van der Waals surface area contributed by atoms with Crippen LogP contribution in [0.1, 0.15) is 19.8 Å². The van der Waals surface area contributed by atoms with Gasteiger partial charge in [0.15, 0.2) is 0 Å². The fourth-order valence-electron chi connectivity index (χ4n) is 2.38. The van der Waals surface area contributed by atoms with Crippen LogP contribution < -0.4 is 10.2 Å². The lowest BCUT2D eigenvalue weighted by molar-refractivity contribution is 0.208. The largest absolute Gasteiger partial charge is 0.396 e. The van der Waals surface area contributed by atoms with Gasteiger partial charge in [-0.3, -0.25) is 0 Å². The van der Waals surface area contributed by atoms with Crippen LogP contribution in [0.3, 0.4) is 0 Å². The summed E-state index contributed by atoms with van der Waals surface area (Å²) in [4.78, 5) is 6.65. The van der Waals surface area contributed by atoms with Crippen molar-refractivity contribution in [3.8, 4) is 0 Å². The minimum absolute atomic E-state index is 0.210. The van der Waals surface area contributed by atoms with E-state index in [-0.39, 0.29) is 6.61 Å². The maximum atomic E-state index is 9.29. The standard InChI is InChI=1S/C13H19Cl2N3O/c1-2-16-12-10(14)6-11(15)13(17-12)18-5-3-4-9(7-18)8-19/h6,9,19H,2-5,7-8H2,1H3,(H,16,17). The quantitative estimate of drug-likeness (QED) is 0.897. The van der Waals surface area contributed by atoms with Crippen LogP contribution in [0, 0.1) is 5.92 Å². The highest BCUT2D eigenvalue weighted by atomic mass is 35.5. The fourth-order valence-corrected chi connectivity index (χ4v) is 2.92. The predicted molar refractivity (Wildman–Crippen MR) is 80.4 cm³/mol. The molecule has 19 heavy (non-hydrogen) atoms. The van der Waals surface area contributed by atoms with Gasteiger partial charge < -0.3 is 15.3 Å². The summed E-state index contributed by atoms with van der Waals surface area (Å²) >= 11 is 12.4. The van der Waals surface area contributed by atoms with E-state index in [4.69, 9.17) is 23.2 Å². The Labute approximate surface area is 123 Å². The third-order valence-corrected chi connectivity index (χ3v) is 3.90. The van der Waals surface area contributed by atoms with Crippen molar-refractivity contribution in [3.63, 3.8) is 0 Å². The lowest BCUT2D eigenvalue weighted by atomic mass is 9.99. The Morgan fingerprint density at radius 2 is 2.26 bits per heavy atom. The highest BCUT2D eigenvalue weighted by Crippen LogP contribution is 2.33. The molecule has 1 aromatic rings. The zero-order valence-electron chi connectivity index (χ0n) is 11.0. The van der Waals surface area contributed by atoms with E-state index in [1.54, 1.807) is 6.07 Å².